The van der Waals surface area contributed by atoms with Crippen molar-refractivity contribution in [2.45, 2.75) is 11.3 Å². The molecule has 7 heteroatoms. The smallest absolute Gasteiger partial charge is 0.234 e. The van der Waals surface area contributed by atoms with Crippen LogP contribution in [-0.4, -0.2) is 22.6 Å². The van der Waals surface area contributed by atoms with Gasteiger partial charge < -0.3 is 15.1 Å². The van der Waals surface area contributed by atoms with E-state index in [4.69, 9.17) is 4.42 Å². The highest BCUT2D eigenvalue weighted by Gasteiger charge is 2.16. The number of carbonyl (C=O) groups is 2. The number of fused-ring (bicyclic) bond motifs is 1. The first-order valence-electron chi connectivity index (χ1n) is 8.04. The Balaban J connectivity index is 1.42. The molecule has 2 amide bonds. The average Bonchev–Trinajstić information content (AvgIpc) is 3.10. The van der Waals surface area contributed by atoms with Gasteiger partial charge in [0.15, 0.2) is 0 Å². The van der Waals surface area contributed by atoms with Crippen LogP contribution in [0.15, 0.2) is 64.1 Å². The Morgan fingerprint density at radius 2 is 2.08 bits per heavy atom. The molecule has 3 aromatic rings. The molecule has 0 saturated heterocycles. The van der Waals surface area contributed by atoms with Gasteiger partial charge in [0.05, 0.1) is 23.6 Å². The minimum absolute atomic E-state index is 0.0398. The van der Waals surface area contributed by atoms with Crippen LogP contribution in [0.25, 0.3) is 11.5 Å². The maximum absolute atomic E-state index is 12.3. The van der Waals surface area contributed by atoms with Crippen LogP contribution in [0.1, 0.15) is 5.69 Å². The van der Waals surface area contributed by atoms with E-state index in [2.05, 4.69) is 15.6 Å². The van der Waals surface area contributed by atoms with Crippen molar-refractivity contribution in [1.29, 1.82) is 0 Å². The van der Waals surface area contributed by atoms with Gasteiger partial charge in [-0.1, -0.05) is 18.2 Å². The van der Waals surface area contributed by atoms with Crippen LogP contribution >= 0.6 is 11.8 Å². The minimum atomic E-state index is -0.201. The first kappa shape index (κ1) is 16.4. The molecule has 0 unspecified atom stereocenters. The lowest BCUT2D eigenvalue weighted by atomic mass is 10.2. The number of thioether (sulfide) groups is 1. The van der Waals surface area contributed by atoms with Crippen molar-refractivity contribution in [2.75, 3.05) is 16.4 Å². The van der Waals surface area contributed by atoms with E-state index in [-0.39, 0.29) is 18.2 Å². The fraction of sp³-hybridized carbons (Fsp3) is 0.105. The first-order valence-corrected chi connectivity index (χ1v) is 9.02. The summed E-state index contributed by atoms with van der Waals surface area (Å²) in [5, 5.41) is 5.63. The summed E-state index contributed by atoms with van der Waals surface area (Å²) in [5.74, 6) is 0.658. The molecule has 1 aliphatic heterocycles. The van der Waals surface area contributed by atoms with Crippen LogP contribution < -0.4 is 10.6 Å². The number of hydrogen-bond donors (Lipinski definition) is 2. The molecule has 0 atom stereocenters. The molecule has 0 aliphatic carbocycles. The molecule has 2 N–H and O–H groups in total. The molecule has 1 aromatic heterocycles. The molecule has 2 aromatic carbocycles. The molecule has 0 fully saturated rings. The number of rotatable bonds is 4. The maximum atomic E-state index is 12.3. The zero-order chi connectivity index (χ0) is 17.9. The lowest BCUT2D eigenvalue weighted by molar-refractivity contribution is -0.115. The predicted molar refractivity (Wildman–Crippen MR) is 100 cm³/mol. The fourth-order valence-corrected chi connectivity index (χ4v) is 3.42. The number of benzene rings is 2. The number of hydrogen-bond acceptors (Lipinski definition) is 5. The van der Waals surface area contributed by atoms with E-state index >= 15 is 0 Å². The first-order chi connectivity index (χ1) is 12.7. The topological polar surface area (TPSA) is 84.2 Å². The number of nitrogens with one attached hydrogen (secondary N) is 2. The van der Waals surface area contributed by atoms with E-state index in [0.29, 0.717) is 23.0 Å². The SMILES string of the molecule is O=C(Cc1coc(-c2ccccc2)n1)Nc1ccc2c(c1)NC(=O)CS2. The van der Waals surface area contributed by atoms with Crippen LogP contribution in [-0.2, 0) is 16.0 Å². The monoisotopic (exact) mass is 365 g/mol. The summed E-state index contributed by atoms with van der Waals surface area (Å²) < 4.78 is 5.45. The standard InChI is InChI=1S/C19H15N3O3S/c23-17(9-14-10-25-19(21-14)12-4-2-1-3-5-12)20-13-6-7-16-15(8-13)22-18(24)11-26-16/h1-8,10H,9,11H2,(H,20,23)(H,22,24). The largest absolute Gasteiger partial charge is 0.444 e. The van der Waals surface area contributed by atoms with Crippen LogP contribution in [0.2, 0.25) is 0 Å². The Hall–Kier alpha value is -3.06. The number of aromatic nitrogens is 1. The maximum Gasteiger partial charge on any atom is 0.234 e. The molecule has 0 spiro atoms. The zero-order valence-corrected chi connectivity index (χ0v) is 14.5. The van der Waals surface area contributed by atoms with E-state index in [0.717, 1.165) is 16.1 Å². The predicted octanol–water partition coefficient (Wildman–Crippen LogP) is 3.57. The van der Waals surface area contributed by atoms with Crippen molar-refractivity contribution in [1.82, 2.24) is 4.98 Å². The zero-order valence-electron chi connectivity index (χ0n) is 13.7. The Bertz CT molecular complexity index is 969. The summed E-state index contributed by atoms with van der Waals surface area (Å²) in [6.07, 6.45) is 1.60. The van der Waals surface area contributed by atoms with Crippen molar-refractivity contribution in [3.05, 3.63) is 60.5 Å². The summed E-state index contributed by atoms with van der Waals surface area (Å²) in [6.45, 7) is 0. The van der Waals surface area contributed by atoms with E-state index in [9.17, 15) is 9.59 Å². The van der Waals surface area contributed by atoms with Gasteiger partial charge in [0.2, 0.25) is 17.7 Å². The molecule has 26 heavy (non-hydrogen) atoms. The van der Waals surface area contributed by atoms with Crippen molar-refractivity contribution < 1.29 is 14.0 Å². The van der Waals surface area contributed by atoms with Crippen molar-refractivity contribution in [3.63, 3.8) is 0 Å². The number of carbonyl (C=O) groups excluding carboxylic acids is 2. The van der Waals surface area contributed by atoms with Gasteiger partial charge >= 0.3 is 0 Å². The highest BCUT2D eigenvalue weighted by atomic mass is 32.2. The van der Waals surface area contributed by atoms with Gasteiger partial charge in [-0.3, -0.25) is 9.59 Å². The third kappa shape index (κ3) is 3.62. The molecule has 0 saturated carbocycles. The van der Waals surface area contributed by atoms with E-state index in [1.165, 1.54) is 18.0 Å². The highest BCUT2D eigenvalue weighted by Crippen LogP contribution is 2.33. The summed E-state index contributed by atoms with van der Waals surface area (Å²) in [6, 6.07) is 15.0. The van der Waals surface area contributed by atoms with Gasteiger partial charge in [-0.25, -0.2) is 4.98 Å². The van der Waals surface area contributed by atoms with Crippen LogP contribution in [0.4, 0.5) is 11.4 Å². The van der Waals surface area contributed by atoms with Gasteiger partial charge in [-0.2, -0.15) is 0 Å². The summed E-state index contributed by atoms with van der Waals surface area (Å²) in [7, 11) is 0. The van der Waals surface area contributed by atoms with Crippen molar-refractivity contribution in [2.24, 2.45) is 0 Å². The lowest BCUT2D eigenvalue weighted by Gasteiger charge is -2.17. The fourth-order valence-electron chi connectivity index (χ4n) is 2.63. The molecule has 0 radical (unpaired) electrons. The Labute approximate surface area is 154 Å². The van der Waals surface area contributed by atoms with Crippen molar-refractivity contribution >= 4 is 35.0 Å². The van der Waals surface area contributed by atoms with Crippen LogP contribution in [0.3, 0.4) is 0 Å². The number of oxazole rings is 1. The summed E-state index contributed by atoms with van der Waals surface area (Å²) in [5.41, 5.74) is 2.77. The molecule has 4 rings (SSSR count). The molecular weight excluding hydrogens is 350 g/mol. The second-order valence-corrected chi connectivity index (χ2v) is 6.80. The van der Waals surface area contributed by atoms with E-state index in [1.54, 1.807) is 6.07 Å². The lowest BCUT2D eigenvalue weighted by Crippen LogP contribution is -2.19. The second-order valence-electron chi connectivity index (χ2n) is 5.78. The van der Waals surface area contributed by atoms with Gasteiger partial charge in [0.25, 0.3) is 0 Å². The number of anilines is 2. The van der Waals surface area contributed by atoms with E-state index < -0.39 is 0 Å². The van der Waals surface area contributed by atoms with Gasteiger partial charge in [0.1, 0.15) is 6.26 Å². The number of amides is 2. The second kappa shape index (κ2) is 7.05. The van der Waals surface area contributed by atoms with Crippen LogP contribution in [0.5, 0.6) is 0 Å². The third-order valence-electron chi connectivity index (χ3n) is 3.81. The third-order valence-corrected chi connectivity index (χ3v) is 4.88. The van der Waals surface area contributed by atoms with Gasteiger partial charge in [-0.15, -0.1) is 11.8 Å². The summed E-state index contributed by atoms with van der Waals surface area (Å²) >= 11 is 1.48. The quantitative estimate of drug-likeness (QED) is 0.738. The van der Waals surface area contributed by atoms with E-state index in [1.807, 2.05) is 42.5 Å². The Morgan fingerprint density at radius 3 is 2.92 bits per heavy atom. The Morgan fingerprint density at radius 1 is 1.23 bits per heavy atom. The van der Waals surface area contributed by atoms with Crippen molar-refractivity contribution in [3.8, 4) is 11.5 Å². The van der Waals surface area contributed by atoms with Gasteiger partial charge in [-0.05, 0) is 30.3 Å². The Kier molecular flexibility index (Phi) is 4.45. The molecule has 0 bridgehead atoms. The minimum Gasteiger partial charge on any atom is -0.444 e. The van der Waals surface area contributed by atoms with Crippen LogP contribution in [0, 0.1) is 0 Å². The molecule has 130 valence electrons. The summed E-state index contributed by atoms with van der Waals surface area (Å²) in [4.78, 5) is 29.1. The molecule has 2 heterocycles. The van der Waals surface area contributed by atoms with Gasteiger partial charge in [0, 0.05) is 16.1 Å². The number of nitrogens with zero attached hydrogens (tertiary/aromatic N) is 1. The average molecular weight is 365 g/mol. The normalized spacial score (nSPS) is 13.0. The molecular formula is C19H15N3O3S. The highest BCUT2D eigenvalue weighted by molar-refractivity contribution is 8.00. The molecule has 6 nitrogen and oxygen atoms in total. The molecule has 1 aliphatic rings.